The molecule has 1 saturated heterocycles. The molecule has 0 aromatic heterocycles. The van der Waals surface area contributed by atoms with Gasteiger partial charge in [-0.1, -0.05) is 20.8 Å². The second kappa shape index (κ2) is 6.14. The number of aliphatic hydroxyl groups is 2. The van der Waals surface area contributed by atoms with E-state index in [9.17, 15) is 15.0 Å². The average molecular weight is 372 g/mol. The molecular weight excluding hydrogens is 340 g/mol. The van der Waals surface area contributed by atoms with Crippen LogP contribution in [0.1, 0.15) is 41.0 Å². The van der Waals surface area contributed by atoms with Crippen LogP contribution in [-0.2, 0) is 23.7 Å². The van der Waals surface area contributed by atoms with Crippen LogP contribution in [0.3, 0.4) is 0 Å². The first-order valence-electron chi connectivity index (χ1n) is 9.26. The predicted octanol–water partition coefficient (Wildman–Crippen LogP) is 1.30. The van der Waals surface area contributed by atoms with Crippen LogP contribution < -0.4 is 0 Å². The molecule has 9 unspecified atom stereocenters. The summed E-state index contributed by atoms with van der Waals surface area (Å²) in [5.41, 5.74) is -3.13. The number of hydrogen-bond acceptors (Lipinski definition) is 7. The molecule has 0 spiro atoms. The van der Waals surface area contributed by atoms with Gasteiger partial charge in [0.15, 0.2) is 12.6 Å². The van der Waals surface area contributed by atoms with Crippen molar-refractivity contribution in [2.24, 2.45) is 28.6 Å². The zero-order valence-corrected chi connectivity index (χ0v) is 16.7. The topological polar surface area (TPSA) is 94.5 Å². The Morgan fingerprint density at radius 3 is 2.31 bits per heavy atom. The Labute approximate surface area is 154 Å². The number of methoxy groups -OCH3 is 2. The van der Waals surface area contributed by atoms with Crippen molar-refractivity contribution in [3.63, 3.8) is 0 Å². The molecule has 7 heteroatoms. The molecular formula is C19H32O7. The highest BCUT2D eigenvalue weighted by molar-refractivity contribution is 5.66. The zero-order valence-electron chi connectivity index (χ0n) is 16.7. The highest BCUT2D eigenvalue weighted by atomic mass is 16.8. The number of carbonyl (C=O) groups excluding carboxylic acids is 1. The van der Waals surface area contributed by atoms with E-state index < -0.39 is 53.1 Å². The van der Waals surface area contributed by atoms with E-state index in [1.165, 1.54) is 14.0 Å². The van der Waals surface area contributed by atoms with Crippen molar-refractivity contribution < 1.29 is 34.0 Å². The summed E-state index contributed by atoms with van der Waals surface area (Å²) in [6.45, 7) is 9.03. The van der Waals surface area contributed by atoms with Crippen LogP contribution in [0.15, 0.2) is 0 Å². The summed E-state index contributed by atoms with van der Waals surface area (Å²) in [4.78, 5) is 11.9. The molecule has 2 saturated carbocycles. The molecule has 0 aromatic carbocycles. The van der Waals surface area contributed by atoms with E-state index in [0.29, 0.717) is 6.42 Å². The Balaban J connectivity index is 2.26. The van der Waals surface area contributed by atoms with Gasteiger partial charge >= 0.3 is 5.97 Å². The number of rotatable bonds is 3. The second-order valence-electron chi connectivity index (χ2n) is 9.01. The normalized spacial score (nSPS) is 52.4. The van der Waals surface area contributed by atoms with E-state index in [-0.39, 0.29) is 11.8 Å². The van der Waals surface area contributed by atoms with Gasteiger partial charge in [-0.15, -0.1) is 0 Å². The Morgan fingerprint density at radius 2 is 1.81 bits per heavy atom. The summed E-state index contributed by atoms with van der Waals surface area (Å²) < 4.78 is 23.0. The largest absolute Gasteiger partial charge is 0.461 e. The summed E-state index contributed by atoms with van der Waals surface area (Å²) in [5, 5.41) is 23.2. The van der Waals surface area contributed by atoms with Crippen molar-refractivity contribution in [2.75, 3.05) is 14.2 Å². The van der Waals surface area contributed by atoms with E-state index in [0.717, 1.165) is 0 Å². The van der Waals surface area contributed by atoms with Crippen molar-refractivity contribution in [3.05, 3.63) is 0 Å². The SMILES string of the molecule is COC1OC(OC)C2(C)C(OC(C)=O)C(C)(C)C3C(O)CC(C)C1C32O. The van der Waals surface area contributed by atoms with E-state index in [1.54, 1.807) is 7.11 Å². The third-order valence-electron chi connectivity index (χ3n) is 7.25. The highest BCUT2D eigenvalue weighted by Gasteiger charge is 2.82. The number of aliphatic hydroxyl groups excluding tert-OH is 1. The molecule has 1 aliphatic heterocycles. The van der Waals surface area contributed by atoms with Crippen LogP contribution in [0, 0.1) is 28.6 Å². The maximum absolute atomic E-state index is 12.2. The molecule has 2 aliphatic carbocycles. The van der Waals surface area contributed by atoms with Crippen LogP contribution >= 0.6 is 0 Å². The van der Waals surface area contributed by atoms with E-state index in [1.807, 2.05) is 27.7 Å². The van der Waals surface area contributed by atoms with Gasteiger partial charge in [-0.05, 0) is 19.3 Å². The fourth-order valence-corrected chi connectivity index (χ4v) is 6.58. The van der Waals surface area contributed by atoms with Gasteiger partial charge in [0.2, 0.25) is 0 Å². The lowest BCUT2D eigenvalue weighted by Gasteiger charge is -2.61. The molecule has 3 aliphatic rings. The van der Waals surface area contributed by atoms with Gasteiger partial charge in [-0.2, -0.15) is 0 Å². The first-order chi connectivity index (χ1) is 12.0. The van der Waals surface area contributed by atoms with Crippen LogP contribution in [0.2, 0.25) is 0 Å². The molecule has 26 heavy (non-hydrogen) atoms. The fourth-order valence-electron chi connectivity index (χ4n) is 6.58. The molecule has 7 nitrogen and oxygen atoms in total. The number of esters is 1. The lowest BCUT2D eigenvalue weighted by Crippen LogP contribution is -2.72. The third-order valence-corrected chi connectivity index (χ3v) is 7.25. The number of hydrogen-bond donors (Lipinski definition) is 2. The lowest BCUT2D eigenvalue weighted by molar-refractivity contribution is -0.396. The maximum atomic E-state index is 12.2. The van der Waals surface area contributed by atoms with Crippen molar-refractivity contribution in [3.8, 4) is 0 Å². The first-order valence-corrected chi connectivity index (χ1v) is 9.26. The van der Waals surface area contributed by atoms with E-state index in [2.05, 4.69) is 0 Å². The summed E-state index contributed by atoms with van der Waals surface area (Å²) >= 11 is 0. The third kappa shape index (κ3) is 2.21. The van der Waals surface area contributed by atoms with Gasteiger partial charge in [0.25, 0.3) is 0 Å². The summed E-state index contributed by atoms with van der Waals surface area (Å²) in [5.74, 6) is -1.36. The highest BCUT2D eigenvalue weighted by Crippen LogP contribution is 2.71. The predicted molar refractivity (Wildman–Crippen MR) is 91.8 cm³/mol. The van der Waals surface area contributed by atoms with Crippen LogP contribution in [-0.4, -0.2) is 60.8 Å². The van der Waals surface area contributed by atoms with Crippen molar-refractivity contribution >= 4 is 5.97 Å². The molecule has 3 fully saturated rings. The first kappa shape index (κ1) is 20.0. The van der Waals surface area contributed by atoms with Crippen molar-refractivity contribution in [2.45, 2.75) is 71.4 Å². The standard InChI is InChI=1S/C19H32O7/c1-9-8-11(21)13-17(3,4)15(25-10(2)20)18(5)16(24-7)26-14(23-6)12(9)19(13,18)22/h9,11-16,21-22H,8H2,1-7H3. The molecule has 0 radical (unpaired) electrons. The molecule has 150 valence electrons. The molecule has 1 heterocycles. The Bertz CT molecular complexity index is 578. The van der Waals surface area contributed by atoms with Crippen LogP contribution in [0.25, 0.3) is 0 Å². The van der Waals surface area contributed by atoms with Gasteiger partial charge in [0.1, 0.15) is 6.10 Å². The quantitative estimate of drug-likeness (QED) is 0.721. The number of ether oxygens (including phenoxy) is 4. The molecule has 0 aromatic rings. The van der Waals surface area contributed by atoms with Crippen molar-refractivity contribution in [1.29, 1.82) is 0 Å². The minimum atomic E-state index is -1.38. The summed E-state index contributed by atoms with van der Waals surface area (Å²) in [6, 6.07) is 0. The Kier molecular flexibility index (Phi) is 4.73. The van der Waals surface area contributed by atoms with Crippen LogP contribution in [0.4, 0.5) is 0 Å². The number of carbonyl (C=O) groups is 1. The smallest absolute Gasteiger partial charge is 0.302 e. The Hall–Kier alpha value is -0.730. The molecule has 0 amide bonds. The average Bonchev–Trinajstić information content (AvgIpc) is 2.66. The van der Waals surface area contributed by atoms with E-state index >= 15 is 0 Å². The van der Waals surface area contributed by atoms with Gasteiger partial charge in [0.05, 0.1) is 17.1 Å². The minimum Gasteiger partial charge on any atom is -0.461 e. The van der Waals surface area contributed by atoms with Crippen LogP contribution in [0.5, 0.6) is 0 Å². The summed E-state index contributed by atoms with van der Waals surface area (Å²) in [6.07, 6.45) is -2.41. The minimum absolute atomic E-state index is 0.0415. The lowest BCUT2D eigenvalue weighted by atomic mass is 9.54. The van der Waals surface area contributed by atoms with Gasteiger partial charge in [-0.25, -0.2) is 0 Å². The molecule has 3 rings (SSSR count). The molecule has 2 N–H and O–H groups in total. The Morgan fingerprint density at radius 1 is 1.19 bits per heavy atom. The second-order valence-corrected chi connectivity index (χ2v) is 9.01. The molecule has 9 atom stereocenters. The van der Waals surface area contributed by atoms with Crippen molar-refractivity contribution in [1.82, 2.24) is 0 Å². The molecule has 0 bridgehead atoms. The van der Waals surface area contributed by atoms with E-state index in [4.69, 9.17) is 18.9 Å². The van der Waals surface area contributed by atoms with Gasteiger partial charge < -0.3 is 29.2 Å². The van der Waals surface area contributed by atoms with Gasteiger partial charge in [0, 0.05) is 38.4 Å². The monoisotopic (exact) mass is 372 g/mol. The zero-order chi connectivity index (χ0) is 19.7. The fraction of sp³-hybridized carbons (Fsp3) is 0.947. The van der Waals surface area contributed by atoms with Gasteiger partial charge in [-0.3, -0.25) is 4.79 Å². The summed E-state index contributed by atoms with van der Waals surface area (Å²) in [7, 11) is 3.04. The maximum Gasteiger partial charge on any atom is 0.302 e.